The quantitative estimate of drug-likeness (QED) is 0.284. The zero-order chi connectivity index (χ0) is 26.1. The van der Waals surface area contributed by atoms with Gasteiger partial charge in [0.15, 0.2) is 5.82 Å². The summed E-state index contributed by atoms with van der Waals surface area (Å²) in [4.78, 5) is 29.8. The predicted octanol–water partition coefficient (Wildman–Crippen LogP) is 5.05. The minimum Gasteiger partial charge on any atom is -0.366 e. The molecule has 9 nitrogen and oxygen atoms in total. The van der Waals surface area contributed by atoms with E-state index in [2.05, 4.69) is 67.5 Å². The van der Waals surface area contributed by atoms with Gasteiger partial charge in [0.2, 0.25) is 5.91 Å². The minimum absolute atomic E-state index is 0.0480. The Morgan fingerprint density at radius 2 is 1.87 bits per heavy atom. The van der Waals surface area contributed by atoms with Crippen molar-refractivity contribution in [1.82, 2.24) is 30.0 Å². The molecule has 5 aromatic rings. The molecule has 3 aromatic heterocycles. The van der Waals surface area contributed by atoms with E-state index in [0.717, 1.165) is 89.2 Å². The molecule has 3 N–H and O–H groups in total. The Hall–Kier alpha value is -4.24. The number of aromatic amines is 2. The van der Waals surface area contributed by atoms with Gasteiger partial charge in [-0.3, -0.25) is 14.9 Å². The number of hydrogen-bond donors (Lipinski definition) is 3. The van der Waals surface area contributed by atoms with Crippen molar-refractivity contribution in [2.75, 3.05) is 43.4 Å². The highest BCUT2D eigenvalue weighted by Crippen LogP contribution is 2.33. The van der Waals surface area contributed by atoms with Crippen molar-refractivity contribution in [3.05, 3.63) is 54.9 Å². The molecule has 0 atom stereocenters. The normalized spacial score (nSPS) is 14.4. The molecule has 6 rings (SSSR count). The second kappa shape index (κ2) is 10.3. The summed E-state index contributed by atoms with van der Waals surface area (Å²) in [6, 6.07) is 14.2. The summed E-state index contributed by atoms with van der Waals surface area (Å²) in [5.74, 6) is 0.760. The first-order valence-corrected chi connectivity index (χ1v) is 13.2. The number of pyridine rings is 1. The van der Waals surface area contributed by atoms with Crippen LogP contribution in [0.25, 0.3) is 44.6 Å². The second-order valence-electron chi connectivity index (χ2n) is 10.00. The number of piperazine rings is 1. The van der Waals surface area contributed by atoms with E-state index in [9.17, 15) is 4.79 Å². The van der Waals surface area contributed by atoms with Gasteiger partial charge >= 0.3 is 0 Å². The first-order chi connectivity index (χ1) is 18.6. The van der Waals surface area contributed by atoms with Gasteiger partial charge in [-0.2, -0.15) is 5.10 Å². The number of unbranched alkanes of at least 4 members (excludes halogenated alkanes) is 1. The molecule has 0 bridgehead atoms. The molecule has 0 spiro atoms. The number of imidazole rings is 1. The third-order valence-corrected chi connectivity index (χ3v) is 7.24. The fraction of sp³-hybridized carbons (Fsp3) is 0.310. The monoisotopic (exact) mass is 508 g/mol. The number of carbonyl (C=O) groups is 1. The first-order valence-electron chi connectivity index (χ1n) is 13.2. The SMILES string of the molecule is CCCCC(=O)Nc1cccc(-c2ccc3[nH]nc(-c4nc5c(N6CCN(C)CC6)cncc5[nH]4)c3c2)c1. The third kappa shape index (κ3) is 4.72. The Bertz CT molecular complexity index is 1600. The van der Waals surface area contributed by atoms with E-state index in [-0.39, 0.29) is 5.91 Å². The van der Waals surface area contributed by atoms with Crippen LogP contribution >= 0.6 is 0 Å². The van der Waals surface area contributed by atoms with E-state index in [1.165, 1.54) is 0 Å². The molecule has 38 heavy (non-hydrogen) atoms. The highest BCUT2D eigenvalue weighted by molar-refractivity contribution is 5.97. The van der Waals surface area contributed by atoms with Gasteiger partial charge in [-0.05, 0) is 48.9 Å². The largest absolute Gasteiger partial charge is 0.366 e. The topological polar surface area (TPSA) is 106 Å². The lowest BCUT2D eigenvalue weighted by Gasteiger charge is -2.33. The van der Waals surface area contributed by atoms with Crippen molar-refractivity contribution in [3.63, 3.8) is 0 Å². The van der Waals surface area contributed by atoms with Crippen molar-refractivity contribution in [2.45, 2.75) is 26.2 Å². The molecule has 1 amide bonds. The van der Waals surface area contributed by atoms with E-state index in [4.69, 9.17) is 4.98 Å². The zero-order valence-electron chi connectivity index (χ0n) is 21.8. The van der Waals surface area contributed by atoms with Crippen molar-refractivity contribution < 1.29 is 4.79 Å². The standard InChI is InChI=1S/C29H32N8O/c1-3-4-8-26(38)31-21-7-5-6-19(15-21)20-9-10-23-22(16-20)27(35-34-23)29-32-24-17-30-18-25(28(24)33-29)37-13-11-36(2)12-14-37/h5-7,9-10,15-18H,3-4,8,11-14H2,1-2H3,(H,31,38)(H,32,33)(H,34,35). The molecule has 1 saturated heterocycles. The lowest BCUT2D eigenvalue weighted by Crippen LogP contribution is -2.44. The number of nitrogens with one attached hydrogen (secondary N) is 3. The van der Waals surface area contributed by atoms with Crippen LogP contribution in [0, 0.1) is 0 Å². The van der Waals surface area contributed by atoms with E-state index in [0.29, 0.717) is 12.2 Å². The van der Waals surface area contributed by atoms with Gasteiger partial charge in [0.1, 0.15) is 11.2 Å². The lowest BCUT2D eigenvalue weighted by molar-refractivity contribution is -0.116. The molecule has 4 heterocycles. The van der Waals surface area contributed by atoms with Crippen LogP contribution in [-0.2, 0) is 4.79 Å². The molecule has 194 valence electrons. The maximum atomic E-state index is 12.2. The van der Waals surface area contributed by atoms with Crippen molar-refractivity contribution in [2.24, 2.45) is 0 Å². The van der Waals surface area contributed by atoms with Crippen molar-refractivity contribution in [3.8, 4) is 22.6 Å². The van der Waals surface area contributed by atoms with Crippen LogP contribution < -0.4 is 10.2 Å². The zero-order valence-corrected chi connectivity index (χ0v) is 21.8. The summed E-state index contributed by atoms with van der Waals surface area (Å²) < 4.78 is 0. The van der Waals surface area contributed by atoms with Crippen LogP contribution in [0.4, 0.5) is 11.4 Å². The molecular weight excluding hydrogens is 476 g/mol. The summed E-state index contributed by atoms with van der Waals surface area (Å²) in [5, 5.41) is 11.8. The molecule has 1 fully saturated rings. The van der Waals surface area contributed by atoms with Crippen LogP contribution in [0.15, 0.2) is 54.9 Å². The average Bonchev–Trinajstić information content (AvgIpc) is 3.56. The molecule has 0 radical (unpaired) electrons. The molecule has 0 saturated carbocycles. The second-order valence-corrected chi connectivity index (χ2v) is 10.00. The summed E-state index contributed by atoms with van der Waals surface area (Å²) in [5.41, 5.74) is 7.44. The molecule has 1 aliphatic rings. The molecule has 9 heteroatoms. The number of likely N-dealkylation sites (N-methyl/N-ethyl adjacent to an activating group) is 1. The fourth-order valence-corrected chi connectivity index (χ4v) is 5.02. The number of carbonyl (C=O) groups excluding carboxylic acids is 1. The molecule has 0 unspecified atom stereocenters. The summed E-state index contributed by atoms with van der Waals surface area (Å²) in [6.07, 6.45) is 6.16. The van der Waals surface area contributed by atoms with Gasteiger partial charge in [0, 0.05) is 43.7 Å². The average molecular weight is 509 g/mol. The summed E-state index contributed by atoms with van der Waals surface area (Å²) in [7, 11) is 2.15. The van der Waals surface area contributed by atoms with Gasteiger partial charge in [0.25, 0.3) is 0 Å². The van der Waals surface area contributed by atoms with Crippen LogP contribution in [-0.4, -0.2) is 69.2 Å². The maximum Gasteiger partial charge on any atom is 0.224 e. The molecule has 2 aromatic carbocycles. The Morgan fingerprint density at radius 1 is 1.03 bits per heavy atom. The lowest BCUT2D eigenvalue weighted by atomic mass is 10.0. The van der Waals surface area contributed by atoms with E-state index < -0.39 is 0 Å². The number of aromatic nitrogens is 5. The number of benzene rings is 2. The summed E-state index contributed by atoms with van der Waals surface area (Å²) in [6.45, 7) is 6.02. The number of fused-ring (bicyclic) bond motifs is 2. The van der Waals surface area contributed by atoms with Gasteiger partial charge in [-0.1, -0.05) is 31.5 Å². The predicted molar refractivity (Wildman–Crippen MR) is 152 cm³/mol. The Kier molecular flexibility index (Phi) is 6.51. The van der Waals surface area contributed by atoms with Crippen LogP contribution in [0.1, 0.15) is 26.2 Å². The minimum atomic E-state index is 0.0480. The number of nitrogens with zero attached hydrogens (tertiary/aromatic N) is 5. The van der Waals surface area contributed by atoms with E-state index in [1.807, 2.05) is 36.7 Å². The highest BCUT2D eigenvalue weighted by Gasteiger charge is 2.20. The Labute approximate surface area is 221 Å². The van der Waals surface area contributed by atoms with Crippen molar-refractivity contribution >= 4 is 39.2 Å². The maximum absolute atomic E-state index is 12.2. The highest BCUT2D eigenvalue weighted by atomic mass is 16.1. The first kappa shape index (κ1) is 24.1. The molecule has 1 aliphatic heterocycles. The van der Waals surface area contributed by atoms with Gasteiger partial charge in [0.05, 0.1) is 29.1 Å². The van der Waals surface area contributed by atoms with Gasteiger partial charge in [-0.25, -0.2) is 4.98 Å². The van der Waals surface area contributed by atoms with Gasteiger partial charge < -0.3 is 20.1 Å². The summed E-state index contributed by atoms with van der Waals surface area (Å²) >= 11 is 0. The fourth-order valence-electron chi connectivity index (χ4n) is 5.02. The van der Waals surface area contributed by atoms with E-state index in [1.54, 1.807) is 0 Å². The van der Waals surface area contributed by atoms with Crippen molar-refractivity contribution in [1.29, 1.82) is 0 Å². The number of H-pyrrole nitrogens is 2. The van der Waals surface area contributed by atoms with Gasteiger partial charge in [-0.15, -0.1) is 0 Å². The number of amides is 1. The van der Waals surface area contributed by atoms with Crippen LogP contribution in [0.2, 0.25) is 0 Å². The number of hydrogen-bond acceptors (Lipinski definition) is 6. The Balaban J connectivity index is 1.33. The molecular formula is C29H32N8O. The van der Waals surface area contributed by atoms with Crippen LogP contribution in [0.5, 0.6) is 0 Å². The van der Waals surface area contributed by atoms with Crippen LogP contribution in [0.3, 0.4) is 0 Å². The third-order valence-electron chi connectivity index (χ3n) is 7.24. The molecule has 0 aliphatic carbocycles. The number of anilines is 2. The Morgan fingerprint density at radius 3 is 2.71 bits per heavy atom. The van der Waals surface area contributed by atoms with E-state index >= 15 is 0 Å². The smallest absolute Gasteiger partial charge is 0.224 e. The number of rotatable bonds is 7.